The summed E-state index contributed by atoms with van der Waals surface area (Å²) in [7, 11) is -3.41. The SMILES string of the molecule is CCNC(=NCC(C)Oc1ccccc1F)NCCS(=O)(=O)NCC1CCCCO1.I. The number of para-hydroxylation sites is 1. The van der Waals surface area contributed by atoms with Gasteiger partial charge in [0.25, 0.3) is 0 Å². The summed E-state index contributed by atoms with van der Waals surface area (Å²) in [6, 6.07) is 6.21. The van der Waals surface area contributed by atoms with E-state index in [9.17, 15) is 12.8 Å². The maximum Gasteiger partial charge on any atom is 0.213 e. The lowest BCUT2D eigenvalue weighted by Gasteiger charge is -2.22. The Balaban J connectivity index is 0.00000480. The van der Waals surface area contributed by atoms with Gasteiger partial charge in [-0.1, -0.05) is 12.1 Å². The largest absolute Gasteiger partial charge is 0.486 e. The van der Waals surface area contributed by atoms with Crippen LogP contribution in [0.15, 0.2) is 29.3 Å². The summed E-state index contributed by atoms with van der Waals surface area (Å²) in [5.74, 6) is 0.157. The highest BCUT2D eigenvalue weighted by Gasteiger charge is 2.17. The highest BCUT2D eigenvalue weighted by Crippen LogP contribution is 2.17. The van der Waals surface area contributed by atoms with Crippen molar-refractivity contribution in [1.29, 1.82) is 0 Å². The molecule has 2 unspecified atom stereocenters. The average molecular weight is 572 g/mol. The van der Waals surface area contributed by atoms with Crippen LogP contribution in [0.25, 0.3) is 0 Å². The van der Waals surface area contributed by atoms with E-state index in [4.69, 9.17) is 9.47 Å². The van der Waals surface area contributed by atoms with Crippen LogP contribution in [0.2, 0.25) is 0 Å². The first-order valence-electron chi connectivity index (χ1n) is 10.4. The summed E-state index contributed by atoms with van der Waals surface area (Å²) >= 11 is 0. The Labute approximate surface area is 201 Å². The quantitative estimate of drug-likeness (QED) is 0.214. The van der Waals surface area contributed by atoms with Gasteiger partial charge in [-0.2, -0.15) is 0 Å². The molecule has 1 saturated heterocycles. The zero-order valence-corrected chi connectivity index (χ0v) is 21.2. The van der Waals surface area contributed by atoms with E-state index in [-0.39, 0.29) is 60.8 Å². The summed E-state index contributed by atoms with van der Waals surface area (Å²) in [6.45, 7) is 5.82. The summed E-state index contributed by atoms with van der Waals surface area (Å²) in [5.41, 5.74) is 0. The van der Waals surface area contributed by atoms with Crippen molar-refractivity contribution in [3.8, 4) is 5.75 Å². The zero-order valence-electron chi connectivity index (χ0n) is 18.1. The van der Waals surface area contributed by atoms with E-state index >= 15 is 0 Å². The van der Waals surface area contributed by atoms with Gasteiger partial charge in [0.1, 0.15) is 6.10 Å². The Morgan fingerprint density at radius 3 is 2.77 bits per heavy atom. The van der Waals surface area contributed by atoms with Crippen LogP contribution in [0.1, 0.15) is 33.1 Å². The van der Waals surface area contributed by atoms with Crippen LogP contribution < -0.4 is 20.1 Å². The molecule has 0 radical (unpaired) electrons. The van der Waals surface area contributed by atoms with Crippen molar-refractivity contribution in [3.63, 3.8) is 0 Å². The van der Waals surface area contributed by atoms with Crippen LogP contribution in [0.5, 0.6) is 5.75 Å². The van der Waals surface area contributed by atoms with Gasteiger partial charge < -0.3 is 20.1 Å². The molecule has 1 heterocycles. The molecule has 3 N–H and O–H groups in total. The number of guanidine groups is 1. The number of hydrogen-bond acceptors (Lipinski definition) is 5. The maximum atomic E-state index is 13.7. The fraction of sp³-hybridized carbons (Fsp3) is 0.650. The topological polar surface area (TPSA) is 101 Å². The second-order valence-electron chi connectivity index (χ2n) is 7.16. The first-order valence-corrected chi connectivity index (χ1v) is 12.1. The standard InChI is InChI=1S/C20H33FN4O4S.HI/c1-3-22-20(24-14-16(2)29-19-10-5-4-9-18(19)21)23-11-13-30(26,27)25-15-17-8-6-7-12-28-17;/h4-5,9-10,16-17,25H,3,6-8,11-15H2,1-2H3,(H2,22,23,24);1H. The fourth-order valence-corrected chi connectivity index (χ4v) is 3.88. The minimum atomic E-state index is -3.41. The van der Waals surface area contributed by atoms with E-state index in [1.165, 1.54) is 6.07 Å². The maximum absolute atomic E-state index is 13.7. The number of sulfonamides is 1. The predicted molar refractivity (Wildman–Crippen MR) is 131 cm³/mol. The minimum Gasteiger partial charge on any atom is -0.486 e. The first-order chi connectivity index (χ1) is 14.4. The molecule has 11 heteroatoms. The van der Waals surface area contributed by atoms with Crippen molar-refractivity contribution < 1.29 is 22.3 Å². The Bertz CT molecular complexity index is 776. The van der Waals surface area contributed by atoms with Crippen LogP contribution in [-0.2, 0) is 14.8 Å². The summed E-state index contributed by atoms with van der Waals surface area (Å²) in [5, 5.41) is 6.06. The number of halogens is 2. The van der Waals surface area contributed by atoms with Crippen molar-refractivity contribution in [2.75, 3.05) is 38.5 Å². The molecule has 8 nitrogen and oxygen atoms in total. The lowest BCUT2D eigenvalue weighted by molar-refractivity contribution is 0.0200. The van der Waals surface area contributed by atoms with E-state index in [2.05, 4.69) is 20.3 Å². The van der Waals surface area contributed by atoms with E-state index in [0.29, 0.717) is 25.7 Å². The molecule has 0 spiro atoms. The monoisotopic (exact) mass is 572 g/mol. The van der Waals surface area contributed by atoms with Gasteiger partial charge in [-0.05, 0) is 45.2 Å². The molecule has 0 aromatic heterocycles. The van der Waals surface area contributed by atoms with Gasteiger partial charge in [0.2, 0.25) is 10.0 Å². The molecule has 0 bridgehead atoms. The van der Waals surface area contributed by atoms with Crippen molar-refractivity contribution in [1.82, 2.24) is 15.4 Å². The lowest BCUT2D eigenvalue weighted by atomic mass is 10.1. The number of aliphatic imine (C=N–C) groups is 1. The molecular formula is C20H34FIN4O4S. The van der Waals surface area contributed by atoms with Crippen molar-refractivity contribution in [2.45, 2.75) is 45.3 Å². The van der Waals surface area contributed by atoms with Gasteiger partial charge in [-0.15, -0.1) is 24.0 Å². The Morgan fingerprint density at radius 2 is 2.10 bits per heavy atom. The molecule has 1 aliphatic heterocycles. The molecule has 1 aromatic rings. The summed E-state index contributed by atoms with van der Waals surface area (Å²) in [4.78, 5) is 4.39. The van der Waals surface area contributed by atoms with Crippen LogP contribution in [0.3, 0.4) is 0 Å². The lowest BCUT2D eigenvalue weighted by Crippen LogP contribution is -2.43. The predicted octanol–water partition coefficient (Wildman–Crippen LogP) is 2.25. The van der Waals surface area contributed by atoms with Gasteiger partial charge in [0.15, 0.2) is 17.5 Å². The van der Waals surface area contributed by atoms with Crippen molar-refractivity contribution >= 4 is 40.0 Å². The van der Waals surface area contributed by atoms with Crippen molar-refractivity contribution in [3.05, 3.63) is 30.1 Å². The van der Waals surface area contributed by atoms with Gasteiger partial charge in [0, 0.05) is 26.2 Å². The minimum absolute atomic E-state index is 0. The number of nitrogens with one attached hydrogen (secondary N) is 3. The fourth-order valence-electron chi connectivity index (χ4n) is 2.92. The zero-order chi connectivity index (χ0) is 21.8. The van der Waals surface area contributed by atoms with Crippen LogP contribution in [-0.4, -0.2) is 65.1 Å². The normalized spacial score (nSPS) is 18.0. The van der Waals surface area contributed by atoms with Gasteiger partial charge in [-0.25, -0.2) is 22.5 Å². The average Bonchev–Trinajstić information content (AvgIpc) is 2.73. The summed E-state index contributed by atoms with van der Waals surface area (Å²) < 4.78 is 51.8. The van der Waals surface area contributed by atoms with E-state index in [0.717, 1.165) is 19.3 Å². The number of rotatable bonds is 11. The van der Waals surface area contributed by atoms with Gasteiger partial charge >= 0.3 is 0 Å². The summed E-state index contributed by atoms with van der Waals surface area (Å²) in [6.07, 6.45) is 2.58. The van der Waals surface area contributed by atoms with Crippen LogP contribution in [0, 0.1) is 5.82 Å². The first kappa shape index (κ1) is 27.9. The molecule has 2 atom stereocenters. The third-order valence-corrected chi connectivity index (χ3v) is 5.83. The van der Waals surface area contributed by atoms with Crippen LogP contribution in [0.4, 0.5) is 4.39 Å². The molecule has 0 aliphatic carbocycles. The highest BCUT2D eigenvalue weighted by atomic mass is 127. The van der Waals surface area contributed by atoms with Crippen molar-refractivity contribution in [2.24, 2.45) is 4.99 Å². The van der Waals surface area contributed by atoms with E-state index in [1.807, 2.05) is 6.92 Å². The second kappa shape index (κ2) is 14.8. The van der Waals surface area contributed by atoms with E-state index in [1.54, 1.807) is 25.1 Å². The van der Waals surface area contributed by atoms with Gasteiger partial charge in [0.05, 0.1) is 18.4 Å². The molecule has 0 saturated carbocycles. The molecule has 1 fully saturated rings. The number of ether oxygens (including phenoxy) is 2. The Morgan fingerprint density at radius 1 is 1.32 bits per heavy atom. The van der Waals surface area contributed by atoms with E-state index < -0.39 is 15.8 Å². The molecule has 2 rings (SSSR count). The Kier molecular flexibility index (Phi) is 13.3. The molecular weight excluding hydrogens is 538 g/mol. The highest BCUT2D eigenvalue weighted by molar-refractivity contribution is 14.0. The van der Waals surface area contributed by atoms with Crippen LogP contribution >= 0.6 is 24.0 Å². The number of benzene rings is 1. The smallest absolute Gasteiger partial charge is 0.213 e. The number of nitrogens with zero attached hydrogens (tertiary/aromatic N) is 1. The van der Waals surface area contributed by atoms with Gasteiger partial charge in [-0.3, -0.25) is 0 Å². The third kappa shape index (κ3) is 11.3. The molecule has 31 heavy (non-hydrogen) atoms. The molecule has 0 amide bonds. The third-order valence-electron chi connectivity index (χ3n) is 4.48. The molecule has 178 valence electrons. The number of hydrogen-bond donors (Lipinski definition) is 3. The molecule has 1 aromatic carbocycles. The Hall–Kier alpha value is -1.18. The molecule has 1 aliphatic rings. The second-order valence-corrected chi connectivity index (χ2v) is 9.09.